The Kier molecular flexibility index (Phi) is 5.92. The van der Waals surface area contributed by atoms with Gasteiger partial charge in [0.25, 0.3) is 5.56 Å². The highest BCUT2D eigenvalue weighted by atomic mass is 16.5. The molecule has 0 unspecified atom stereocenters. The van der Waals surface area contributed by atoms with E-state index in [2.05, 4.69) is 20.2 Å². The van der Waals surface area contributed by atoms with Gasteiger partial charge in [0.05, 0.1) is 37.3 Å². The van der Waals surface area contributed by atoms with Gasteiger partial charge in [-0.2, -0.15) is 0 Å². The van der Waals surface area contributed by atoms with Gasteiger partial charge >= 0.3 is 0 Å². The first-order valence-corrected chi connectivity index (χ1v) is 11.4. The minimum Gasteiger partial charge on any atom is -0.496 e. The molecule has 4 aromatic rings. The standard InChI is InChI=1S/C25H29N5O3/c1-32-21-8-9-22(33-2)24-18(21)12-16(25(31)29-24)14-26-17-6-7-19-20(13-17)28-23(27-19)15-30-10-4-3-5-11-30/h6-9,12-13,26H,3-5,10-11,14-15H2,1-2H3,(H,27,28)(H,29,31). The monoisotopic (exact) mass is 447 g/mol. The number of pyridine rings is 1. The number of aromatic nitrogens is 3. The van der Waals surface area contributed by atoms with Crippen molar-refractivity contribution < 1.29 is 9.47 Å². The second kappa shape index (κ2) is 9.15. The maximum absolute atomic E-state index is 12.7. The number of aromatic amines is 2. The van der Waals surface area contributed by atoms with E-state index in [0.29, 0.717) is 29.1 Å². The van der Waals surface area contributed by atoms with Crippen LogP contribution in [0.3, 0.4) is 0 Å². The Bertz CT molecular complexity index is 1340. The number of hydrogen-bond donors (Lipinski definition) is 3. The van der Waals surface area contributed by atoms with Crippen molar-refractivity contribution in [3.8, 4) is 11.5 Å². The maximum Gasteiger partial charge on any atom is 0.253 e. The number of H-pyrrole nitrogens is 2. The molecule has 0 aliphatic carbocycles. The summed E-state index contributed by atoms with van der Waals surface area (Å²) in [6.07, 6.45) is 3.85. The van der Waals surface area contributed by atoms with Crippen molar-refractivity contribution >= 4 is 27.6 Å². The van der Waals surface area contributed by atoms with Gasteiger partial charge in [-0.25, -0.2) is 4.98 Å². The van der Waals surface area contributed by atoms with Gasteiger partial charge in [0.1, 0.15) is 17.3 Å². The van der Waals surface area contributed by atoms with E-state index >= 15 is 0 Å². The van der Waals surface area contributed by atoms with Crippen molar-refractivity contribution in [3.63, 3.8) is 0 Å². The molecule has 0 bridgehead atoms. The molecule has 2 aromatic carbocycles. The Hall–Kier alpha value is -3.52. The summed E-state index contributed by atoms with van der Waals surface area (Å²) in [5, 5.41) is 4.17. The highest BCUT2D eigenvalue weighted by Crippen LogP contribution is 2.31. The third kappa shape index (κ3) is 4.39. The van der Waals surface area contributed by atoms with Crippen LogP contribution in [0.25, 0.3) is 21.9 Å². The van der Waals surface area contributed by atoms with Crippen molar-refractivity contribution in [1.29, 1.82) is 0 Å². The first kappa shape index (κ1) is 21.3. The summed E-state index contributed by atoms with van der Waals surface area (Å²) in [4.78, 5) is 26.3. The normalized spacial score (nSPS) is 14.6. The minimum absolute atomic E-state index is 0.159. The molecular weight excluding hydrogens is 418 g/mol. The van der Waals surface area contributed by atoms with Crippen LogP contribution in [0.4, 0.5) is 5.69 Å². The third-order valence-corrected chi connectivity index (χ3v) is 6.29. The molecule has 0 saturated carbocycles. The van der Waals surface area contributed by atoms with E-state index in [4.69, 9.17) is 14.5 Å². The Labute approximate surface area is 191 Å². The molecule has 8 nitrogen and oxygen atoms in total. The predicted octanol–water partition coefficient (Wildman–Crippen LogP) is 4.02. The van der Waals surface area contributed by atoms with E-state index in [-0.39, 0.29) is 5.56 Å². The van der Waals surface area contributed by atoms with Gasteiger partial charge in [-0.05, 0) is 62.3 Å². The second-order valence-electron chi connectivity index (χ2n) is 8.49. The Morgan fingerprint density at radius 3 is 2.58 bits per heavy atom. The smallest absolute Gasteiger partial charge is 0.253 e. The van der Waals surface area contributed by atoms with E-state index in [1.165, 1.54) is 19.3 Å². The summed E-state index contributed by atoms with van der Waals surface area (Å²) in [6, 6.07) is 11.5. The van der Waals surface area contributed by atoms with E-state index in [0.717, 1.165) is 47.6 Å². The van der Waals surface area contributed by atoms with Gasteiger partial charge in [-0.3, -0.25) is 9.69 Å². The molecule has 33 heavy (non-hydrogen) atoms. The molecule has 0 atom stereocenters. The fraction of sp³-hybridized carbons (Fsp3) is 0.360. The summed E-state index contributed by atoms with van der Waals surface area (Å²) in [5.41, 5.74) is 3.95. The number of hydrogen-bond acceptors (Lipinski definition) is 6. The van der Waals surface area contributed by atoms with Crippen LogP contribution in [0.2, 0.25) is 0 Å². The number of benzene rings is 2. The zero-order valence-corrected chi connectivity index (χ0v) is 19.0. The lowest BCUT2D eigenvalue weighted by Crippen LogP contribution is -2.29. The summed E-state index contributed by atoms with van der Waals surface area (Å²) in [5.74, 6) is 2.28. The number of nitrogens with zero attached hydrogens (tertiary/aromatic N) is 2. The van der Waals surface area contributed by atoms with E-state index in [9.17, 15) is 4.79 Å². The number of likely N-dealkylation sites (tertiary alicyclic amines) is 1. The lowest BCUT2D eigenvalue weighted by molar-refractivity contribution is 0.216. The molecule has 1 saturated heterocycles. The first-order chi connectivity index (χ1) is 16.1. The third-order valence-electron chi connectivity index (χ3n) is 6.29. The molecular formula is C25H29N5O3. The fourth-order valence-corrected chi connectivity index (χ4v) is 4.54. The maximum atomic E-state index is 12.7. The molecule has 3 N–H and O–H groups in total. The molecule has 1 aliphatic heterocycles. The minimum atomic E-state index is -0.159. The molecule has 5 rings (SSSR count). The SMILES string of the molecule is COc1ccc(OC)c2[nH]c(=O)c(CNc3ccc4nc(CN5CCCCC5)[nH]c4c3)cc12. The zero-order valence-electron chi connectivity index (χ0n) is 19.0. The Morgan fingerprint density at radius 2 is 1.79 bits per heavy atom. The summed E-state index contributed by atoms with van der Waals surface area (Å²) in [6.45, 7) is 3.52. The highest BCUT2D eigenvalue weighted by Gasteiger charge is 2.14. The van der Waals surface area contributed by atoms with Crippen molar-refractivity contribution in [1.82, 2.24) is 19.9 Å². The largest absolute Gasteiger partial charge is 0.496 e. The van der Waals surface area contributed by atoms with Crippen LogP contribution in [0.5, 0.6) is 11.5 Å². The Balaban J connectivity index is 1.35. The zero-order chi connectivity index (χ0) is 22.8. The molecule has 1 aliphatic rings. The number of methoxy groups -OCH3 is 2. The van der Waals surface area contributed by atoms with Crippen LogP contribution in [0.1, 0.15) is 30.7 Å². The van der Waals surface area contributed by atoms with Gasteiger partial charge < -0.3 is 24.8 Å². The first-order valence-electron chi connectivity index (χ1n) is 11.4. The molecule has 2 aromatic heterocycles. The van der Waals surface area contributed by atoms with Crippen LogP contribution in [0.15, 0.2) is 41.2 Å². The number of anilines is 1. The number of fused-ring (bicyclic) bond motifs is 2. The average molecular weight is 448 g/mol. The summed E-state index contributed by atoms with van der Waals surface area (Å²) >= 11 is 0. The van der Waals surface area contributed by atoms with Gasteiger partial charge in [0.15, 0.2) is 0 Å². The lowest BCUT2D eigenvalue weighted by Gasteiger charge is -2.25. The van der Waals surface area contributed by atoms with E-state index in [1.807, 2.05) is 30.3 Å². The number of imidazole rings is 1. The molecule has 0 spiro atoms. The van der Waals surface area contributed by atoms with E-state index < -0.39 is 0 Å². The van der Waals surface area contributed by atoms with Crippen molar-refractivity contribution in [2.24, 2.45) is 0 Å². The number of nitrogens with one attached hydrogen (secondary N) is 3. The quantitative estimate of drug-likeness (QED) is 0.396. The van der Waals surface area contributed by atoms with Crippen molar-refractivity contribution in [2.45, 2.75) is 32.4 Å². The van der Waals surface area contributed by atoms with Crippen LogP contribution >= 0.6 is 0 Å². The van der Waals surface area contributed by atoms with Gasteiger partial charge in [0, 0.05) is 23.2 Å². The summed E-state index contributed by atoms with van der Waals surface area (Å²) in [7, 11) is 3.20. The highest BCUT2D eigenvalue weighted by molar-refractivity contribution is 5.90. The Morgan fingerprint density at radius 1 is 1.00 bits per heavy atom. The van der Waals surface area contributed by atoms with Gasteiger partial charge in [-0.1, -0.05) is 6.42 Å². The van der Waals surface area contributed by atoms with Crippen molar-refractivity contribution in [3.05, 3.63) is 58.1 Å². The average Bonchev–Trinajstić information content (AvgIpc) is 3.24. The van der Waals surface area contributed by atoms with Crippen LogP contribution < -0.4 is 20.3 Å². The second-order valence-corrected chi connectivity index (χ2v) is 8.49. The van der Waals surface area contributed by atoms with Gasteiger partial charge in [-0.15, -0.1) is 0 Å². The molecule has 8 heteroatoms. The molecule has 172 valence electrons. The molecule has 0 radical (unpaired) electrons. The van der Waals surface area contributed by atoms with Crippen LogP contribution in [-0.4, -0.2) is 47.2 Å². The van der Waals surface area contributed by atoms with Gasteiger partial charge in [0.2, 0.25) is 0 Å². The molecule has 0 amide bonds. The predicted molar refractivity (Wildman–Crippen MR) is 130 cm³/mol. The van der Waals surface area contributed by atoms with Crippen molar-refractivity contribution in [2.75, 3.05) is 32.6 Å². The number of rotatable bonds is 7. The van der Waals surface area contributed by atoms with Crippen LogP contribution in [-0.2, 0) is 13.1 Å². The molecule has 1 fully saturated rings. The van der Waals surface area contributed by atoms with E-state index in [1.54, 1.807) is 20.3 Å². The number of ether oxygens (including phenoxy) is 2. The lowest BCUT2D eigenvalue weighted by atomic mass is 10.1. The topological polar surface area (TPSA) is 95.3 Å². The summed E-state index contributed by atoms with van der Waals surface area (Å²) < 4.78 is 10.9. The fourth-order valence-electron chi connectivity index (χ4n) is 4.54. The number of piperidine rings is 1. The van der Waals surface area contributed by atoms with Crippen LogP contribution in [0, 0.1) is 0 Å². The molecule has 3 heterocycles.